The molecule has 0 radical (unpaired) electrons. The highest BCUT2D eigenvalue weighted by Gasteiger charge is 2.70. The summed E-state index contributed by atoms with van der Waals surface area (Å²) in [6, 6.07) is 4.86. The molecular formula is C20H27NO4. The summed E-state index contributed by atoms with van der Waals surface area (Å²) < 4.78 is 24.2. The molecule has 1 spiro atoms. The van der Waals surface area contributed by atoms with Crippen LogP contribution >= 0.6 is 0 Å². The molecule has 5 nitrogen and oxygen atoms in total. The summed E-state index contributed by atoms with van der Waals surface area (Å²) in [5.41, 5.74) is 2.76. The molecule has 5 heteroatoms. The molecule has 0 amide bonds. The van der Waals surface area contributed by atoms with Gasteiger partial charge < -0.3 is 23.8 Å². The maximum absolute atomic E-state index is 6.64. The third-order valence-corrected chi connectivity index (χ3v) is 7.49. The zero-order valence-electron chi connectivity index (χ0n) is 15.5. The SMILES string of the molecule is COc1ccc2c3c1OC1C(OC)(OC)CCC4C(C2)N(C)CCC341. The van der Waals surface area contributed by atoms with Crippen molar-refractivity contribution in [3.63, 3.8) is 0 Å². The highest BCUT2D eigenvalue weighted by atomic mass is 16.7. The van der Waals surface area contributed by atoms with Crippen LogP contribution in [0, 0.1) is 5.92 Å². The average molecular weight is 345 g/mol. The lowest BCUT2D eigenvalue weighted by Crippen LogP contribution is -2.70. The second-order valence-corrected chi connectivity index (χ2v) is 8.04. The van der Waals surface area contributed by atoms with Crippen LogP contribution in [0.5, 0.6) is 11.5 Å². The highest BCUT2D eigenvalue weighted by Crippen LogP contribution is 2.65. The van der Waals surface area contributed by atoms with Crippen LogP contribution in [-0.4, -0.2) is 57.8 Å². The zero-order valence-corrected chi connectivity index (χ0v) is 15.5. The van der Waals surface area contributed by atoms with E-state index >= 15 is 0 Å². The first-order valence-electron chi connectivity index (χ1n) is 9.29. The van der Waals surface area contributed by atoms with E-state index in [9.17, 15) is 0 Å². The van der Waals surface area contributed by atoms with Crippen LogP contribution < -0.4 is 9.47 Å². The molecule has 1 aromatic rings. The number of rotatable bonds is 3. The number of piperidine rings is 1. The smallest absolute Gasteiger partial charge is 0.206 e. The van der Waals surface area contributed by atoms with Crippen molar-refractivity contribution in [2.75, 3.05) is 34.9 Å². The molecule has 2 aliphatic carbocycles. The molecule has 25 heavy (non-hydrogen) atoms. The molecule has 2 bridgehead atoms. The van der Waals surface area contributed by atoms with Crippen LogP contribution in [0.2, 0.25) is 0 Å². The van der Waals surface area contributed by atoms with E-state index in [0.29, 0.717) is 12.0 Å². The molecule has 2 fully saturated rings. The maximum Gasteiger partial charge on any atom is 0.206 e. The molecule has 136 valence electrons. The number of hydrogen-bond donors (Lipinski definition) is 0. The second-order valence-electron chi connectivity index (χ2n) is 8.04. The molecule has 1 saturated carbocycles. The lowest BCUT2D eigenvalue weighted by Gasteiger charge is -2.60. The standard InChI is InChI=1S/C20H27NO4/c1-21-10-9-19-13-7-8-20(23-3,24-4)18(19)25-17-15(22-2)6-5-12(16(17)19)11-14(13)21/h5-6,13-14,18H,7-11H2,1-4H3. The van der Waals surface area contributed by atoms with Gasteiger partial charge in [-0.3, -0.25) is 0 Å². The summed E-state index contributed by atoms with van der Waals surface area (Å²) in [6.07, 6.45) is 4.03. The molecule has 4 unspecified atom stereocenters. The fourth-order valence-corrected chi connectivity index (χ4v) is 6.36. The Labute approximate surface area is 149 Å². The molecular weight excluding hydrogens is 318 g/mol. The molecule has 4 atom stereocenters. The molecule has 4 aliphatic rings. The van der Waals surface area contributed by atoms with Crippen LogP contribution in [-0.2, 0) is 21.3 Å². The minimum absolute atomic E-state index is 0.0289. The first-order chi connectivity index (χ1) is 12.1. The predicted molar refractivity (Wildman–Crippen MR) is 93.3 cm³/mol. The Morgan fingerprint density at radius 1 is 1.16 bits per heavy atom. The Morgan fingerprint density at radius 3 is 2.68 bits per heavy atom. The van der Waals surface area contributed by atoms with Crippen molar-refractivity contribution >= 4 is 0 Å². The van der Waals surface area contributed by atoms with Crippen molar-refractivity contribution in [3.8, 4) is 11.5 Å². The Kier molecular flexibility index (Phi) is 3.26. The van der Waals surface area contributed by atoms with Gasteiger partial charge in [0.25, 0.3) is 0 Å². The number of hydrogen-bond acceptors (Lipinski definition) is 5. The summed E-state index contributed by atoms with van der Waals surface area (Å²) in [6.45, 7) is 1.08. The minimum atomic E-state index is -0.685. The summed E-state index contributed by atoms with van der Waals surface area (Å²) in [4.78, 5) is 2.55. The molecule has 2 aliphatic heterocycles. The van der Waals surface area contributed by atoms with Gasteiger partial charge in [-0.05, 0) is 50.4 Å². The van der Waals surface area contributed by atoms with E-state index < -0.39 is 5.79 Å². The normalized spacial score (nSPS) is 37.4. The molecule has 0 N–H and O–H groups in total. The second kappa shape index (κ2) is 5.12. The number of likely N-dealkylation sites (tertiary alicyclic amines) is 1. The van der Waals surface area contributed by atoms with Crippen molar-refractivity contribution in [2.24, 2.45) is 5.92 Å². The van der Waals surface area contributed by atoms with Crippen LogP contribution in [0.4, 0.5) is 0 Å². The predicted octanol–water partition coefficient (Wildman–Crippen LogP) is 2.35. The van der Waals surface area contributed by atoms with Crippen molar-refractivity contribution < 1.29 is 18.9 Å². The van der Waals surface area contributed by atoms with Gasteiger partial charge in [-0.2, -0.15) is 0 Å². The van der Waals surface area contributed by atoms with Crippen molar-refractivity contribution in [2.45, 2.75) is 49.0 Å². The average Bonchev–Trinajstić information content (AvgIpc) is 3.00. The lowest BCUT2D eigenvalue weighted by molar-refractivity contribution is -0.292. The van der Waals surface area contributed by atoms with Crippen LogP contribution in [0.3, 0.4) is 0 Å². The summed E-state index contributed by atoms with van der Waals surface area (Å²) >= 11 is 0. The number of likely N-dealkylation sites (N-methyl/N-ethyl adjacent to an activating group) is 1. The molecule has 1 aromatic carbocycles. The number of nitrogens with zero attached hydrogens (tertiary/aromatic N) is 1. The van der Waals surface area contributed by atoms with Gasteiger partial charge in [-0.15, -0.1) is 0 Å². The first-order valence-corrected chi connectivity index (χ1v) is 9.29. The van der Waals surface area contributed by atoms with E-state index in [-0.39, 0.29) is 11.5 Å². The number of benzene rings is 1. The quantitative estimate of drug-likeness (QED) is 0.787. The summed E-state index contributed by atoms with van der Waals surface area (Å²) in [5, 5.41) is 0. The van der Waals surface area contributed by atoms with Gasteiger partial charge in [0.2, 0.25) is 5.79 Å². The summed E-state index contributed by atoms with van der Waals surface area (Å²) in [5.74, 6) is 1.66. The number of ether oxygens (including phenoxy) is 4. The van der Waals surface area contributed by atoms with Gasteiger partial charge in [-0.25, -0.2) is 0 Å². The Morgan fingerprint density at radius 2 is 1.96 bits per heavy atom. The molecule has 1 saturated heterocycles. The maximum atomic E-state index is 6.64. The highest BCUT2D eigenvalue weighted by molar-refractivity contribution is 5.61. The lowest BCUT2D eigenvalue weighted by atomic mass is 9.50. The van der Waals surface area contributed by atoms with Crippen molar-refractivity contribution in [1.82, 2.24) is 4.90 Å². The van der Waals surface area contributed by atoms with E-state index in [1.165, 1.54) is 11.1 Å². The molecule has 2 heterocycles. The topological polar surface area (TPSA) is 40.2 Å². The van der Waals surface area contributed by atoms with Crippen molar-refractivity contribution in [1.29, 1.82) is 0 Å². The zero-order chi connectivity index (χ0) is 17.4. The Balaban J connectivity index is 1.78. The van der Waals surface area contributed by atoms with Crippen LogP contribution in [0.15, 0.2) is 12.1 Å². The van der Waals surface area contributed by atoms with E-state index in [1.54, 1.807) is 21.3 Å². The summed E-state index contributed by atoms with van der Waals surface area (Å²) in [7, 11) is 7.49. The monoisotopic (exact) mass is 345 g/mol. The van der Waals surface area contributed by atoms with Gasteiger partial charge >= 0.3 is 0 Å². The first kappa shape index (κ1) is 15.9. The van der Waals surface area contributed by atoms with Gasteiger partial charge in [0, 0.05) is 37.7 Å². The fourth-order valence-electron chi connectivity index (χ4n) is 6.36. The fraction of sp³-hybridized carbons (Fsp3) is 0.700. The Hall–Kier alpha value is -1.30. The van der Waals surface area contributed by atoms with E-state index in [1.807, 2.05) is 0 Å². The Bertz CT molecular complexity index is 716. The van der Waals surface area contributed by atoms with Gasteiger partial charge in [0.15, 0.2) is 17.6 Å². The van der Waals surface area contributed by atoms with Gasteiger partial charge in [-0.1, -0.05) is 6.07 Å². The third-order valence-electron chi connectivity index (χ3n) is 7.49. The minimum Gasteiger partial charge on any atom is -0.493 e. The largest absolute Gasteiger partial charge is 0.493 e. The van der Waals surface area contributed by atoms with E-state index in [4.69, 9.17) is 18.9 Å². The third kappa shape index (κ3) is 1.70. The van der Waals surface area contributed by atoms with E-state index in [0.717, 1.165) is 43.7 Å². The van der Waals surface area contributed by atoms with Crippen LogP contribution in [0.25, 0.3) is 0 Å². The van der Waals surface area contributed by atoms with Gasteiger partial charge in [0.1, 0.15) is 0 Å². The number of methoxy groups -OCH3 is 3. The molecule has 5 rings (SSSR count). The van der Waals surface area contributed by atoms with Crippen LogP contribution in [0.1, 0.15) is 30.4 Å². The molecule has 0 aromatic heterocycles. The van der Waals surface area contributed by atoms with Crippen molar-refractivity contribution in [3.05, 3.63) is 23.3 Å². The van der Waals surface area contributed by atoms with E-state index in [2.05, 4.69) is 24.1 Å². The van der Waals surface area contributed by atoms with Gasteiger partial charge in [0.05, 0.1) is 7.11 Å².